The number of nitrogen functional groups attached to an aromatic ring is 1. The van der Waals surface area contributed by atoms with Crippen LogP contribution in [-0.2, 0) is 0 Å². The van der Waals surface area contributed by atoms with Crippen molar-refractivity contribution in [3.05, 3.63) is 23.4 Å². The molecular formula is C17H29N3O. The van der Waals surface area contributed by atoms with Crippen LogP contribution in [0, 0.1) is 5.41 Å². The minimum absolute atomic E-state index is 0.0970. The molecule has 0 aromatic carbocycles. The highest BCUT2D eigenvalue weighted by Crippen LogP contribution is 2.27. The molecule has 118 valence electrons. The fourth-order valence-electron chi connectivity index (χ4n) is 2.75. The van der Waals surface area contributed by atoms with Crippen molar-refractivity contribution in [3.63, 3.8) is 0 Å². The molecule has 1 aromatic heterocycles. The van der Waals surface area contributed by atoms with E-state index in [4.69, 9.17) is 5.73 Å². The molecule has 4 nitrogen and oxygen atoms in total. The van der Waals surface area contributed by atoms with E-state index in [2.05, 4.69) is 31.1 Å². The fraction of sp³-hybridized carbons (Fsp3) is 0.647. The molecule has 0 spiro atoms. The normalized spacial score (nSPS) is 12.6. The molecule has 0 aliphatic heterocycles. The highest BCUT2D eigenvalue weighted by molar-refractivity contribution is 5.95. The minimum Gasteiger partial charge on any atom is -0.384 e. The quantitative estimate of drug-likeness (QED) is 0.888. The molecule has 0 unspecified atom stereocenters. The van der Waals surface area contributed by atoms with E-state index in [0.717, 1.165) is 12.1 Å². The van der Waals surface area contributed by atoms with Crippen LogP contribution >= 0.6 is 0 Å². The number of anilines is 1. The van der Waals surface area contributed by atoms with Crippen LogP contribution in [0.3, 0.4) is 0 Å². The Kier molecular flexibility index (Phi) is 5.03. The SMILES string of the molecule is CC(C)c1cc(C(=O)NC(C)(C)CC(C)(C)C)cc(N)n1. The number of carbonyl (C=O) groups is 1. The third kappa shape index (κ3) is 5.74. The van der Waals surface area contributed by atoms with Gasteiger partial charge in [0.2, 0.25) is 0 Å². The third-order valence-corrected chi connectivity index (χ3v) is 3.14. The summed E-state index contributed by atoms with van der Waals surface area (Å²) in [5.74, 6) is 0.530. The summed E-state index contributed by atoms with van der Waals surface area (Å²) in [6, 6.07) is 3.46. The maximum atomic E-state index is 12.5. The molecule has 1 amide bonds. The second-order valence-electron chi connectivity index (χ2n) is 7.94. The number of nitrogens with zero attached hydrogens (tertiary/aromatic N) is 1. The average Bonchev–Trinajstić information content (AvgIpc) is 2.23. The largest absolute Gasteiger partial charge is 0.384 e. The number of amides is 1. The molecule has 0 radical (unpaired) electrons. The van der Waals surface area contributed by atoms with Crippen molar-refractivity contribution >= 4 is 11.7 Å². The predicted octanol–water partition coefficient (Wildman–Crippen LogP) is 3.73. The molecule has 1 aromatic rings. The Bertz CT molecular complexity index is 513. The van der Waals surface area contributed by atoms with Crippen molar-refractivity contribution in [3.8, 4) is 0 Å². The standard InChI is InChI=1S/C17H29N3O/c1-11(2)13-8-12(9-14(18)19-13)15(21)20-17(6,7)10-16(3,4)5/h8-9,11H,10H2,1-7H3,(H2,18,19)(H,20,21). The first-order valence-corrected chi connectivity index (χ1v) is 7.50. The maximum Gasteiger partial charge on any atom is 0.251 e. The van der Waals surface area contributed by atoms with Gasteiger partial charge in [0, 0.05) is 16.8 Å². The number of aromatic nitrogens is 1. The molecule has 21 heavy (non-hydrogen) atoms. The van der Waals surface area contributed by atoms with Crippen LogP contribution in [0.5, 0.6) is 0 Å². The minimum atomic E-state index is -0.272. The molecule has 0 aliphatic carbocycles. The van der Waals surface area contributed by atoms with Gasteiger partial charge in [-0.15, -0.1) is 0 Å². The van der Waals surface area contributed by atoms with Gasteiger partial charge >= 0.3 is 0 Å². The number of pyridine rings is 1. The summed E-state index contributed by atoms with van der Waals surface area (Å²) < 4.78 is 0. The molecule has 0 atom stereocenters. The van der Waals surface area contributed by atoms with Gasteiger partial charge in [-0.1, -0.05) is 34.6 Å². The zero-order valence-corrected chi connectivity index (χ0v) is 14.4. The smallest absolute Gasteiger partial charge is 0.251 e. The van der Waals surface area contributed by atoms with E-state index in [9.17, 15) is 4.79 Å². The fourth-order valence-corrected chi connectivity index (χ4v) is 2.75. The van der Waals surface area contributed by atoms with Crippen LogP contribution < -0.4 is 11.1 Å². The van der Waals surface area contributed by atoms with Crippen LogP contribution in [0.25, 0.3) is 0 Å². The summed E-state index contributed by atoms with van der Waals surface area (Å²) in [7, 11) is 0. The summed E-state index contributed by atoms with van der Waals surface area (Å²) in [4.78, 5) is 16.7. The molecule has 4 heteroatoms. The molecule has 1 rings (SSSR count). The lowest BCUT2D eigenvalue weighted by Gasteiger charge is -2.33. The lowest BCUT2D eigenvalue weighted by molar-refractivity contribution is 0.0891. The average molecular weight is 291 g/mol. The summed E-state index contributed by atoms with van der Waals surface area (Å²) in [6.45, 7) is 14.7. The number of rotatable bonds is 4. The highest BCUT2D eigenvalue weighted by Gasteiger charge is 2.27. The van der Waals surface area contributed by atoms with E-state index >= 15 is 0 Å². The summed E-state index contributed by atoms with van der Waals surface area (Å²) >= 11 is 0. The highest BCUT2D eigenvalue weighted by atomic mass is 16.1. The Morgan fingerprint density at radius 3 is 2.29 bits per heavy atom. The van der Waals surface area contributed by atoms with Crippen LogP contribution in [-0.4, -0.2) is 16.4 Å². The zero-order valence-electron chi connectivity index (χ0n) is 14.4. The molecule has 0 bridgehead atoms. The van der Waals surface area contributed by atoms with Gasteiger partial charge in [-0.3, -0.25) is 4.79 Å². The van der Waals surface area contributed by atoms with Gasteiger partial charge in [0.25, 0.3) is 5.91 Å². The van der Waals surface area contributed by atoms with Crippen LogP contribution in [0.1, 0.15) is 76.9 Å². The van der Waals surface area contributed by atoms with Crippen molar-refractivity contribution in [2.75, 3.05) is 5.73 Å². The molecule has 0 aliphatic rings. The first-order chi connectivity index (χ1) is 9.39. The van der Waals surface area contributed by atoms with Gasteiger partial charge in [-0.25, -0.2) is 4.98 Å². The molecule has 0 saturated carbocycles. The molecule has 0 saturated heterocycles. The predicted molar refractivity (Wildman–Crippen MR) is 88.4 cm³/mol. The number of nitrogens with two attached hydrogens (primary N) is 1. The van der Waals surface area contributed by atoms with Gasteiger partial charge < -0.3 is 11.1 Å². The van der Waals surface area contributed by atoms with Gasteiger partial charge in [0.1, 0.15) is 5.82 Å². The lowest BCUT2D eigenvalue weighted by Crippen LogP contribution is -2.45. The molecule has 0 fully saturated rings. The summed E-state index contributed by atoms with van der Waals surface area (Å²) in [5.41, 5.74) is 7.11. The van der Waals surface area contributed by atoms with Gasteiger partial charge in [-0.05, 0) is 43.7 Å². The van der Waals surface area contributed by atoms with E-state index in [1.54, 1.807) is 6.07 Å². The first kappa shape index (κ1) is 17.5. The number of carbonyl (C=O) groups excluding carboxylic acids is 1. The first-order valence-electron chi connectivity index (χ1n) is 7.50. The van der Waals surface area contributed by atoms with Crippen molar-refractivity contribution in [1.29, 1.82) is 0 Å². The maximum absolute atomic E-state index is 12.5. The van der Waals surface area contributed by atoms with Crippen LogP contribution in [0.2, 0.25) is 0 Å². The van der Waals surface area contributed by atoms with Crippen molar-refractivity contribution in [2.45, 2.75) is 66.3 Å². The molecular weight excluding hydrogens is 262 g/mol. The summed E-state index contributed by atoms with van der Waals surface area (Å²) in [6.07, 6.45) is 0.892. The Morgan fingerprint density at radius 2 is 1.81 bits per heavy atom. The Labute approximate surface area is 128 Å². The van der Waals surface area contributed by atoms with Gasteiger partial charge in [0.05, 0.1) is 0 Å². The molecule has 1 heterocycles. The number of nitrogens with one attached hydrogen (secondary N) is 1. The Morgan fingerprint density at radius 1 is 1.24 bits per heavy atom. The van der Waals surface area contributed by atoms with Crippen molar-refractivity contribution in [2.24, 2.45) is 5.41 Å². The van der Waals surface area contributed by atoms with E-state index in [1.165, 1.54) is 0 Å². The van der Waals surface area contributed by atoms with E-state index in [1.807, 2.05) is 33.8 Å². The van der Waals surface area contributed by atoms with Gasteiger partial charge in [-0.2, -0.15) is 0 Å². The van der Waals surface area contributed by atoms with Crippen LogP contribution in [0.15, 0.2) is 12.1 Å². The second-order valence-corrected chi connectivity index (χ2v) is 7.94. The Balaban J connectivity index is 2.94. The van der Waals surface area contributed by atoms with E-state index in [-0.39, 0.29) is 22.8 Å². The summed E-state index contributed by atoms with van der Waals surface area (Å²) in [5, 5.41) is 3.10. The van der Waals surface area contributed by atoms with Crippen molar-refractivity contribution in [1.82, 2.24) is 10.3 Å². The number of hydrogen-bond donors (Lipinski definition) is 2. The topological polar surface area (TPSA) is 68.0 Å². The van der Waals surface area contributed by atoms with Gasteiger partial charge in [0.15, 0.2) is 0 Å². The Hall–Kier alpha value is -1.58. The van der Waals surface area contributed by atoms with Crippen LogP contribution in [0.4, 0.5) is 5.82 Å². The lowest BCUT2D eigenvalue weighted by atomic mass is 9.81. The third-order valence-electron chi connectivity index (χ3n) is 3.14. The monoisotopic (exact) mass is 291 g/mol. The van der Waals surface area contributed by atoms with E-state index in [0.29, 0.717) is 11.4 Å². The van der Waals surface area contributed by atoms with Crippen molar-refractivity contribution < 1.29 is 4.79 Å². The zero-order chi connectivity index (χ0) is 16.4. The van der Waals surface area contributed by atoms with E-state index < -0.39 is 0 Å². The second kappa shape index (κ2) is 6.04. The molecule has 3 N–H and O–H groups in total. The number of hydrogen-bond acceptors (Lipinski definition) is 3.